The smallest absolute Gasteiger partial charge is 0.306 e. The summed E-state index contributed by atoms with van der Waals surface area (Å²) in [5.74, 6) is -0.953. The first-order valence-electron chi connectivity index (χ1n) is 7.36. The maximum atomic E-state index is 12.5. The van der Waals surface area contributed by atoms with Crippen LogP contribution in [0.3, 0.4) is 0 Å². The molecule has 1 saturated carbocycles. The highest BCUT2D eigenvalue weighted by Crippen LogP contribution is 2.29. The molecular formula is C14H24N2O3. The summed E-state index contributed by atoms with van der Waals surface area (Å²) in [6.45, 7) is 2.99. The summed E-state index contributed by atoms with van der Waals surface area (Å²) in [4.78, 5) is 23.4. The van der Waals surface area contributed by atoms with E-state index in [4.69, 9.17) is 5.11 Å². The second-order valence-corrected chi connectivity index (χ2v) is 5.88. The summed E-state index contributed by atoms with van der Waals surface area (Å²) in [6.07, 6.45) is 5.79. The molecule has 0 bridgehead atoms. The minimum atomic E-state index is -0.737. The Morgan fingerprint density at radius 3 is 2.74 bits per heavy atom. The van der Waals surface area contributed by atoms with Gasteiger partial charge in [0.2, 0.25) is 5.91 Å². The molecule has 2 fully saturated rings. The van der Waals surface area contributed by atoms with Gasteiger partial charge in [-0.3, -0.25) is 9.59 Å². The zero-order valence-electron chi connectivity index (χ0n) is 11.6. The number of rotatable bonds is 5. The van der Waals surface area contributed by atoms with E-state index in [0.29, 0.717) is 12.8 Å². The Hall–Kier alpha value is -1.10. The summed E-state index contributed by atoms with van der Waals surface area (Å²) >= 11 is 0. The Morgan fingerprint density at radius 2 is 2.21 bits per heavy atom. The van der Waals surface area contributed by atoms with Gasteiger partial charge in [0, 0.05) is 6.04 Å². The van der Waals surface area contributed by atoms with Gasteiger partial charge in [-0.2, -0.15) is 0 Å². The predicted octanol–water partition coefficient (Wildman–Crippen LogP) is 1.28. The fourth-order valence-corrected chi connectivity index (χ4v) is 3.41. The highest BCUT2D eigenvalue weighted by molar-refractivity contribution is 5.87. The van der Waals surface area contributed by atoms with Crippen molar-refractivity contribution >= 4 is 11.9 Å². The van der Waals surface area contributed by atoms with Crippen LogP contribution in [0.5, 0.6) is 0 Å². The summed E-state index contributed by atoms with van der Waals surface area (Å²) in [7, 11) is 0. The fourth-order valence-electron chi connectivity index (χ4n) is 3.41. The monoisotopic (exact) mass is 268 g/mol. The molecule has 0 aromatic heterocycles. The number of carbonyl (C=O) groups is 2. The lowest BCUT2D eigenvalue weighted by Crippen LogP contribution is -2.55. The average molecular weight is 268 g/mol. The maximum absolute atomic E-state index is 12.5. The molecule has 1 saturated heterocycles. The largest absolute Gasteiger partial charge is 0.481 e. The van der Waals surface area contributed by atoms with Crippen molar-refractivity contribution in [2.24, 2.45) is 5.92 Å². The molecule has 1 aliphatic heterocycles. The quantitative estimate of drug-likeness (QED) is 0.702. The second-order valence-electron chi connectivity index (χ2n) is 5.88. The average Bonchev–Trinajstić information content (AvgIpc) is 2.99. The number of aliphatic carboxylic acids is 1. The highest BCUT2D eigenvalue weighted by Gasteiger charge is 2.41. The number of nitrogens with one attached hydrogen (secondary N) is 2. The van der Waals surface area contributed by atoms with Crippen molar-refractivity contribution in [3.05, 3.63) is 0 Å². The molecule has 19 heavy (non-hydrogen) atoms. The van der Waals surface area contributed by atoms with Crippen molar-refractivity contribution in [1.29, 1.82) is 0 Å². The molecule has 3 unspecified atom stereocenters. The first-order chi connectivity index (χ1) is 9.07. The Balaban J connectivity index is 1.91. The number of carboxylic acids is 1. The van der Waals surface area contributed by atoms with Gasteiger partial charge >= 0.3 is 5.97 Å². The number of hydrogen-bond donors (Lipinski definition) is 3. The Kier molecular flexibility index (Phi) is 4.45. The first kappa shape index (κ1) is 14.3. The van der Waals surface area contributed by atoms with Gasteiger partial charge in [0.1, 0.15) is 0 Å². The van der Waals surface area contributed by atoms with E-state index in [-0.39, 0.29) is 17.9 Å². The zero-order valence-corrected chi connectivity index (χ0v) is 11.6. The van der Waals surface area contributed by atoms with Crippen LogP contribution in [0.4, 0.5) is 0 Å². The summed E-state index contributed by atoms with van der Waals surface area (Å²) in [5.41, 5.74) is -0.407. The number of carboxylic acid groups (broad SMARTS) is 1. The number of amides is 1. The maximum Gasteiger partial charge on any atom is 0.306 e. The molecule has 2 aliphatic rings. The van der Waals surface area contributed by atoms with Crippen LogP contribution in [0.2, 0.25) is 0 Å². The van der Waals surface area contributed by atoms with Gasteiger partial charge in [0.05, 0.1) is 11.5 Å². The molecule has 0 aromatic carbocycles. The number of hydrogen-bond acceptors (Lipinski definition) is 3. The van der Waals surface area contributed by atoms with Gasteiger partial charge < -0.3 is 15.7 Å². The van der Waals surface area contributed by atoms with Crippen LogP contribution < -0.4 is 10.6 Å². The van der Waals surface area contributed by atoms with Crippen LogP contribution in [0.1, 0.15) is 51.9 Å². The first-order valence-corrected chi connectivity index (χ1v) is 7.36. The van der Waals surface area contributed by atoms with Crippen LogP contribution in [0.25, 0.3) is 0 Å². The summed E-state index contributed by atoms with van der Waals surface area (Å²) in [5, 5.41) is 15.4. The van der Waals surface area contributed by atoms with E-state index in [1.54, 1.807) is 0 Å². The van der Waals surface area contributed by atoms with Crippen LogP contribution in [0.15, 0.2) is 0 Å². The van der Waals surface area contributed by atoms with Crippen molar-refractivity contribution in [1.82, 2.24) is 10.6 Å². The third kappa shape index (κ3) is 3.08. The standard InChI is InChI=1S/C14H24N2O3/c1-2-6-14(7-3-8-15-14)13(19)16-11-5-4-10(9-11)12(17)18/h10-11,15H,2-9H2,1H3,(H,16,19)(H,17,18). The minimum absolute atomic E-state index is 0.0322. The van der Waals surface area contributed by atoms with Gasteiger partial charge in [-0.15, -0.1) is 0 Å². The molecule has 0 aromatic rings. The Labute approximate surface area is 114 Å². The predicted molar refractivity (Wildman–Crippen MR) is 71.8 cm³/mol. The molecule has 2 rings (SSSR count). The molecule has 1 heterocycles. The van der Waals surface area contributed by atoms with Crippen molar-refractivity contribution in [2.75, 3.05) is 6.54 Å². The molecular weight excluding hydrogens is 244 g/mol. The van der Waals surface area contributed by atoms with E-state index in [2.05, 4.69) is 17.6 Å². The minimum Gasteiger partial charge on any atom is -0.481 e. The normalized spacial score (nSPS) is 34.4. The summed E-state index contributed by atoms with van der Waals surface area (Å²) in [6, 6.07) is 0.0322. The molecule has 3 atom stereocenters. The van der Waals surface area contributed by atoms with Crippen LogP contribution >= 0.6 is 0 Å². The molecule has 5 nitrogen and oxygen atoms in total. The molecule has 0 radical (unpaired) electrons. The molecule has 1 aliphatic carbocycles. The molecule has 5 heteroatoms. The van der Waals surface area contributed by atoms with Gasteiger partial charge in [-0.25, -0.2) is 0 Å². The van der Waals surface area contributed by atoms with Crippen molar-refractivity contribution in [3.63, 3.8) is 0 Å². The van der Waals surface area contributed by atoms with Gasteiger partial charge in [0.25, 0.3) is 0 Å². The molecule has 1 amide bonds. The third-order valence-corrected chi connectivity index (χ3v) is 4.47. The van der Waals surface area contributed by atoms with Crippen molar-refractivity contribution < 1.29 is 14.7 Å². The molecule has 0 spiro atoms. The van der Waals surface area contributed by atoms with Crippen LogP contribution in [-0.2, 0) is 9.59 Å². The van der Waals surface area contributed by atoms with E-state index in [0.717, 1.165) is 38.6 Å². The Bertz CT molecular complexity index is 351. The molecule has 108 valence electrons. The lowest BCUT2D eigenvalue weighted by atomic mass is 9.90. The fraction of sp³-hybridized carbons (Fsp3) is 0.857. The van der Waals surface area contributed by atoms with E-state index in [9.17, 15) is 9.59 Å². The van der Waals surface area contributed by atoms with E-state index in [1.807, 2.05) is 0 Å². The summed E-state index contributed by atoms with van der Waals surface area (Å²) < 4.78 is 0. The SMILES string of the molecule is CCCC1(C(=O)NC2CCC(C(=O)O)C2)CCCN1. The third-order valence-electron chi connectivity index (χ3n) is 4.47. The second kappa shape index (κ2) is 5.90. The van der Waals surface area contributed by atoms with Gasteiger partial charge in [0.15, 0.2) is 0 Å². The van der Waals surface area contributed by atoms with E-state index in [1.165, 1.54) is 0 Å². The van der Waals surface area contributed by atoms with E-state index >= 15 is 0 Å². The van der Waals surface area contributed by atoms with Crippen LogP contribution in [0, 0.1) is 5.92 Å². The topological polar surface area (TPSA) is 78.4 Å². The van der Waals surface area contributed by atoms with Crippen molar-refractivity contribution in [2.45, 2.75) is 63.5 Å². The lowest BCUT2D eigenvalue weighted by Gasteiger charge is -2.29. The zero-order chi connectivity index (χ0) is 13.9. The van der Waals surface area contributed by atoms with Gasteiger partial charge in [-0.1, -0.05) is 13.3 Å². The van der Waals surface area contributed by atoms with Crippen LogP contribution in [-0.4, -0.2) is 35.1 Å². The number of carbonyl (C=O) groups excluding carboxylic acids is 1. The van der Waals surface area contributed by atoms with Crippen molar-refractivity contribution in [3.8, 4) is 0 Å². The van der Waals surface area contributed by atoms with Gasteiger partial charge in [-0.05, 0) is 45.1 Å². The Morgan fingerprint density at radius 1 is 1.42 bits per heavy atom. The lowest BCUT2D eigenvalue weighted by molar-refractivity contribution is -0.141. The highest BCUT2D eigenvalue weighted by atomic mass is 16.4. The van der Waals surface area contributed by atoms with E-state index < -0.39 is 11.5 Å². The molecule has 3 N–H and O–H groups in total.